The Labute approximate surface area is 129 Å². The van der Waals surface area contributed by atoms with Gasteiger partial charge in [0.05, 0.1) is 4.92 Å². The first-order valence-corrected chi connectivity index (χ1v) is 8.00. The maximum Gasteiger partial charge on any atom is 0.269 e. The summed E-state index contributed by atoms with van der Waals surface area (Å²) in [7, 11) is 1.97. The molecule has 1 aromatic carbocycles. The summed E-state index contributed by atoms with van der Waals surface area (Å²) in [4.78, 5) is 11.7. The van der Waals surface area contributed by atoms with E-state index >= 15 is 0 Å². The van der Waals surface area contributed by atoms with Gasteiger partial charge in [-0.25, -0.2) is 0 Å². The first kappa shape index (κ1) is 15.7. The number of nitrogens with one attached hydrogen (secondary N) is 1. The molecule has 0 aliphatic carbocycles. The van der Waals surface area contributed by atoms with Crippen LogP contribution >= 0.6 is 11.3 Å². The summed E-state index contributed by atoms with van der Waals surface area (Å²) in [5.41, 5.74) is 1.29. The van der Waals surface area contributed by atoms with Crippen molar-refractivity contribution in [3.05, 3.63) is 62.3 Å². The molecule has 1 atom stereocenters. The Hall–Kier alpha value is -1.72. The van der Waals surface area contributed by atoms with Crippen LogP contribution in [0.1, 0.15) is 23.3 Å². The molecule has 0 amide bonds. The van der Waals surface area contributed by atoms with Gasteiger partial charge in [-0.05, 0) is 49.7 Å². The molecule has 0 bridgehead atoms. The number of nitrogens with zero attached hydrogens (tertiary/aromatic N) is 1. The van der Waals surface area contributed by atoms with Crippen LogP contribution in [0.3, 0.4) is 0 Å². The van der Waals surface area contributed by atoms with Crippen molar-refractivity contribution >= 4 is 17.0 Å². The molecule has 4 nitrogen and oxygen atoms in total. The minimum absolute atomic E-state index is 0.150. The van der Waals surface area contributed by atoms with Crippen molar-refractivity contribution in [1.82, 2.24) is 5.32 Å². The van der Waals surface area contributed by atoms with Gasteiger partial charge in [0.15, 0.2) is 0 Å². The van der Waals surface area contributed by atoms with Crippen LogP contribution in [0.25, 0.3) is 0 Å². The van der Waals surface area contributed by atoms with Crippen molar-refractivity contribution in [1.29, 1.82) is 0 Å². The zero-order valence-electron chi connectivity index (χ0n) is 12.1. The van der Waals surface area contributed by atoms with Crippen molar-refractivity contribution in [3.63, 3.8) is 0 Å². The Morgan fingerprint density at radius 3 is 2.62 bits per heavy atom. The zero-order valence-corrected chi connectivity index (χ0v) is 12.9. The molecule has 21 heavy (non-hydrogen) atoms. The Morgan fingerprint density at radius 1 is 1.29 bits per heavy atom. The third-order valence-corrected chi connectivity index (χ3v) is 4.53. The standard InChI is InChI=1S/C16H20N2O2S/c1-17-14(4-2-5-16-6-3-11-21-16)12-13-7-9-15(10-8-13)18(19)20/h3,6-11,14,17H,2,4-5,12H2,1H3. The number of hydrogen-bond acceptors (Lipinski definition) is 4. The van der Waals surface area contributed by atoms with E-state index in [0.717, 1.165) is 31.2 Å². The molecule has 1 aromatic heterocycles. The molecule has 1 N–H and O–H groups in total. The van der Waals surface area contributed by atoms with Crippen LogP contribution in [0.15, 0.2) is 41.8 Å². The van der Waals surface area contributed by atoms with Gasteiger partial charge >= 0.3 is 0 Å². The highest BCUT2D eigenvalue weighted by Gasteiger charge is 2.09. The highest BCUT2D eigenvalue weighted by Crippen LogP contribution is 2.16. The van der Waals surface area contributed by atoms with E-state index in [2.05, 4.69) is 22.8 Å². The molecule has 0 aliphatic heterocycles. The summed E-state index contributed by atoms with van der Waals surface area (Å²) in [5.74, 6) is 0. The van der Waals surface area contributed by atoms with E-state index in [-0.39, 0.29) is 10.6 Å². The van der Waals surface area contributed by atoms with E-state index in [9.17, 15) is 10.1 Å². The summed E-state index contributed by atoms with van der Waals surface area (Å²) >= 11 is 1.81. The molecule has 112 valence electrons. The second kappa shape index (κ2) is 7.90. The monoisotopic (exact) mass is 304 g/mol. The van der Waals surface area contributed by atoms with Gasteiger partial charge in [0.1, 0.15) is 0 Å². The number of non-ortho nitro benzene ring substituents is 1. The van der Waals surface area contributed by atoms with Crippen molar-refractivity contribution in [2.75, 3.05) is 7.05 Å². The molecule has 1 unspecified atom stereocenters. The van der Waals surface area contributed by atoms with E-state index in [1.807, 2.05) is 19.2 Å². The minimum Gasteiger partial charge on any atom is -0.317 e. The molecule has 0 aliphatic rings. The van der Waals surface area contributed by atoms with Crippen LogP contribution in [0.2, 0.25) is 0 Å². The van der Waals surface area contributed by atoms with Gasteiger partial charge in [-0.15, -0.1) is 11.3 Å². The zero-order chi connectivity index (χ0) is 15.1. The number of thiophene rings is 1. The molecular formula is C16H20N2O2S. The number of nitro groups is 1. The second-order valence-corrected chi connectivity index (χ2v) is 6.12. The maximum atomic E-state index is 10.6. The topological polar surface area (TPSA) is 55.2 Å². The molecule has 0 spiro atoms. The Bertz CT molecular complexity index is 552. The lowest BCUT2D eigenvalue weighted by Crippen LogP contribution is -2.27. The first-order chi connectivity index (χ1) is 10.2. The van der Waals surface area contributed by atoms with Gasteiger partial charge in [0.25, 0.3) is 5.69 Å². The van der Waals surface area contributed by atoms with Gasteiger partial charge in [0, 0.05) is 23.1 Å². The van der Waals surface area contributed by atoms with Crippen LogP contribution in [-0.2, 0) is 12.8 Å². The summed E-state index contributed by atoms with van der Waals surface area (Å²) in [6.45, 7) is 0. The van der Waals surface area contributed by atoms with E-state index in [0.29, 0.717) is 6.04 Å². The van der Waals surface area contributed by atoms with Crippen molar-refractivity contribution in [2.24, 2.45) is 0 Å². The minimum atomic E-state index is -0.361. The third kappa shape index (κ3) is 4.95. The van der Waals surface area contributed by atoms with Crippen molar-refractivity contribution in [2.45, 2.75) is 31.7 Å². The van der Waals surface area contributed by atoms with E-state index in [1.54, 1.807) is 23.5 Å². The number of benzene rings is 1. The third-order valence-electron chi connectivity index (χ3n) is 3.59. The lowest BCUT2D eigenvalue weighted by molar-refractivity contribution is -0.384. The molecule has 0 saturated carbocycles. The number of hydrogen-bond donors (Lipinski definition) is 1. The number of nitro benzene ring substituents is 1. The van der Waals surface area contributed by atoms with Crippen LogP contribution in [-0.4, -0.2) is 18.0 Å². The molecule has 2 rings (SSSR count). The Morgan fingerprint density at radius 2 is 2.05 bits per heavy atom. The smallest absolute Gasteiger partial charge is 0.269 e. The average molecular weight is 304 g/mol. The number of rotatable bonds is 8. The summed E-state index contributed by atoms with van der Waals surface area (Å²) in [6.07, 6.45) is 4.28. The maximum absolute atomic E-state index is 10.6. The highest BCUT2D eigenvalue weighted by atomic mass is 32.1. The van der Waals surface area contributed by atoms with E-state index < -0.39 is 0 Å². The average Bonchev–Trinajstić information content (AvgIpc) is 3.00. The quantitative estimate of drug-likeness (QED) is 0.596. The molecule has 1 heterocycles. The predicted molar refractivity (Wildman–Crippen MR) is 86.9 cm³/mol. The van der Waals surface area contributed by atoms with E-state index in [4.69, 9.17) is 0 Å². The molecular weight excluding hydrogens is 284 g/mol. The van der Waals surface area contributed by atoms with Crippen LogP contribution < -0.4 is 5.32 Å². The van der Waals surface area contributed by atoms with Crippen LogP contribution in [0, 0.1) is 10.1 Å². The molecule has 2 aromatic rings. The summed E-state index contributed by atoms with van der Waals surface area (Å²) in [6, 6.07) is 11.5. The fourth-order valence-corrected chi connectivity index (χ4v) is 3.12. The van der Waals surface area contributed by atoms with Gasteiger partial charge in [-0.3, -0.25) is 10.1 Å². The molecule has 0 saturated heterocycles. The Balaban J connectivity index is 1.82. The molecule has 0 fully saturated rings. The lowest BCUT2D eigenvalue weighted by atomic mass is 10.0. The fraction of sp³-hybridized carbons (Fsp3) is 0.375. The van der Waals surface area contributed by atoms with Gasteiger partial charge in [-0.1, -0.05) is 18.2 Å². The molecule has 5 heteroatoms. The lowest BCUT2D eigenvalue weighted by Gasteiger charge is -2.16. The first-order valence-electron chi connectivity index (χ1n) is 7.12. The van der Waals surface area contributed by atoms with Crippen LogP contribution in [0.5, 0.6) is 0 Å². The second-order valence-electron chi connectivity index (χ2n) is 5.08. The SMILES string of the molecule is CNC(CCCc1cccs1)Cc1ccc([N+](=O)[O-])cc1. The van der Waals surface area contributed by atoms with Crippen LogP contribution in [0.4, 0.5) is 5.69 Å². The molecule has 0 radical (unpaired) electrons. The van der Waals surface area contributed by atoms with Gasteiger partial charge in [0.2, 0.25) is 0 Å². The fourth-order valence-electron chi connectivity index (χ4n) is 2.36. The largest absolute Gasteiger partial charge is 0.317 e. The summed E-state index contributed by atoms with van der Waals surface area (Å²) < 4.78 is 0. The van der Waals surface area contributed by atoms with E-state index in [1.165, 1.54) is 4.88 Å². The van der Waals surface area contributed by atoms with Crippen molar-refractivity contribution in [3.8, 4) is 0 Å². The Kier molecular flexibility index (Phi) is 5.90. The number of aryl methyl sites for hydroxylation is 1. The summed E-state index contributed by atoms with van der Waals surface area (Å²) in [5, 5.41) is 16.1. The van der Waals surface area contributed by atoms with Gasteiger partial charge in [-0.2, -0.15) is 0 Å². The number of likely N-dealkylation sites (N-methyl/N-ethyl adjacent to an activating group) is 1. The van der Waals surface area contributed by atoms with Crippen molar-refractivity contribution < 1.29 is 4.92 Å². The van der Waals surface area contributed by atoms with Gasteiger partial charge < -0.3 is 5.32 Å². The normalized spacial score (nSPS) is 12.2. The predicted octanol–water partition coefficient (Wildman–Crippen LogP) is 3.81. The highest BCUT2D eigenvalue weighted by molar-refractivity contribution is 7.09.